The molecule has 1 saturated heterocycles. The summed E-state index contributed by atoms with van der Waals surface area (Å²) in [6.07, 6.45) is -2.65. The van der Waals surface area contributed by atoms with Crippen molar-refractivity contribution < 1.29 is 28.1 Å². The molecule has 0 radical (unpaired) electrons. The molecular formula is C38H46O6Si. The van der Waals surface area contributed by atoms with Crippen LogP contribution in [-0.2, 0) is 41.3 Å². The number of rotatable bonds is 13. The van der Waals surface area contributed by atoms with E-state index in [1.54, 1.807) is 14.2 Å². The number of hydrogen-bond donors (Lipinski definition) is 0. The number of ether oxygens (including phenoxy) is 5. The van der Waals surface area contributed by atoms with Crippen LogP contribution in [0.4, 0.5) is 0 Å². The first kappa shape index (κ1) is 33.2. The highest BCUT2D eigenvalue weighted by atomic mass is 28.4. The van der Waals surface area contributed by atoms with Gasteiger partial charge in [0.1, 0.15) is 24.4 Å². The van der Waals surface area contributed by atoms with Crippen LogP contribution in [0.3, 0.4) is 0 Å². The molecule has 0 aliphatic carbocycles. The molecule has 5 rings (SSSR count). The summed E-state index contributed by atoms with van der Waals surface area (Å²) in [4.78, 5) is 0. The van der Waals surface area contributed by atoms with Gasteiger partial charge in [-0.15, -0.1) is 0 Å². The van der Waals surface area contributed by atoms with Crippen molar-refractivity contribution in [2.45, 2.75) is 69.7 Å². The second-order valence-corrected chi connectivity index (χ2v) is 16.8. The maximum Gasteiger partial charge on any atom is 0.261 e. The van der Waals surface area contributed by atoms with E-state index in [0.29, 0.717) is 13.2 Å². The molecule has 1 aliphatic rings. The Hall–Kier alpha value is -3.14. The van der Waals surface area contributed by atoms with E-state index < -0.39 is 39.0 Å². The SMILES string of the molecule is CO[C@H]1O[C@H](CO[Si](c2ccccc2)(c2ccccc2)C(C)(C)C)[C@@H](OCc2ccccc2)[C@H](OCc2ccccc2)[C@H]1OC. The fraction of sp³-hybridized carbons (Fsp3) is 0.368. The summed E-state index contributed by atoms with van der Waals surface area (Å²) in [6.45, 7) is 7.90. The Morgan fingerprint density at radius 2 is 1.02 bits per heavy atom. The van der Waals surface area contributed by atoms with Gasteiger partial charge in [-0.25, -0.2) is 0 Å². The van der Waals surface area contributed by atoms with Gasteiger partial charge in [0.2, 0.25) is 0 Å². The van der Waals surface area contributed by atoms with E-state index in [9.17, 15) is 0 Å². The molecule has 0 amide bonds. The van der Waals surface area contributed by atoms with Gasteiger partial charge in [0.05, 0.1) is 19.8 Å². The van der Waals surface area contributed by atoms with Gasteiger partial charge in [-0.05, 0) is 26.5 Å². The fourth-order valence-electron chi connectivity index (χ4n) is 6.34. The van der Waals surface area contributed by atoms with E-state index in [-0.39, 0.29) is 11.6 Å². The van der Waals surface area contributed by atoms with Crippen molar-refractivity contribution in [2.75, 3.05) is 20.8 Å². The Balaban J connectivity index is 1.52. The molecule has 45 heavy (non-hydrogen) atoms. The molecule has 4 aromatic rings. The minimum atomic E-state index is -2.85. The average molecular weight is 627 g/mol. The molecule has 0 unspecified atom stereocenters. The summed E-state index contributed by atoms with van der Waals surface area (Å²) in [5.41, 5.74) is 2.13. The van der Waals surface area contributed by atoms with Crippen LogP contribution in [0.25, 0.3) is 0 Å². The predicted molar refractivity (Wildman–Crippen MR) is 180 cm³/mol. The van der Waals surface area contributed by atoms with Gasteiger partial charge in [-0.1, -0.05) is 142 Å². The van der Waals surface area contributed by atoms with Crippen LogP contribution in [0.5, 0.6) is 0 Å². The summed E-state index contributed by atoms with van der Waals surface area (Å²) in [7, 11) is 0.445. The molecule has 5 atom stereocenters. The zero-order valence-corrected chi connectivity index (χ0v) is 28.0. The third-order valence-corrected chi connectivity index (χ3v) is 13.6. The Morgan fingerprint density at radius 3 is 1.44 bits per heavy atom. The lowest BCUT2D eigenvalue weighted by atomic mass is 9.98. The van der Waals surface area contributed by atoms with Gasteiger partial charge >= 0.3 is 0 Å². The third-order valence-electron chi connectivity index (χ3n) is 8.55. The molecule has 0 aromatic heterocycles. The normalized spacial score (nSPS) is 22.3. The zero-order chi connectivity index (χ0) is 31.7. The second-order valence-electron chi connectivity index (χ2n) is 12.5. The highest BCUT2D eigenvalue weighted by molar-refractivity contribution is 6.99. The van der Waals surface area contributed by atoms with Crippen LogP contribution in [0.15, 0.2) is 121 Å². The molecule has 238 valence electrons. The number of hydrogen-bond acceptors (Lipinski definition) is 6. The second kappa shape index (κ2) is 15.4. The van der Waals surface area contributed by atoms with E-state index in [2.05, 4.69) is 106 Å². The minimum absolute atomic E-state index is 0.191. The molecule has 0 bridgehead atoms. The van der Waals surface area contributed by atoms with Crippen LogP contribution in [0.1, 0.15) is 31.9 Å². The summed E-state index contributed by atoms with van der Waals surface area (Å²) < 4.78 is 39.2. The number of methoxy groups -OCH3 is 2. The van der Waals surface area contributed by atoms with Crippen molar-refractivity contribution in [3.63, 3.8) is 0 Å². The summed E-state index contributed by atoms with van der Waals surface area (Å²) in [5.74, 6) is 0. The standard InChI is InChI=1S/C38H46O6Si/c1-38(2,3)45(31-22-14-8-15-23-31,32-24-16-9-17-25-32)43-28-33-34(41-26-29-18-10-6-11-19-29)35(36(39-4)37(40-5)44-33)42-27-30-20-12-7-13-21-30/h6-25,33-37H,26-28H2,1-5H3/t33-,34-,35+,36-,37+/m1/s1. The first-order valence-electron chi connectivity index (χ1n) is 15.6. The van der Waals surface area contributed by atoms with Crippen LogP contribution in [0.2, 0.25) is 5.04 Å². The lowest BCUT2D eigenvalue weighted by Crippen LogP contribution is -2.68. The Kier molecular flexibility index (Phi) is 11.4. The maximum atomic E-state index is 7.34. The molecule has 7 heteroatoms. The summed E-state index contributed by atoms with van der Waals surface area (Å²) in [5, 5.41) is 2.22. The zero-order valence-electron chi connectivity index (χ0n) is 27.0. The topological polar surface area (TPSA) is 55.4 Å². The van der Waals surface area contributed by atoms with Gasteiger partial charge in [0.25, 0.3) is 8.32 Å². The summed E-state index contributed by atoms with van der Waals surface area (Å²) in [6, 6.07) is 41.5. The van der Waals surface area contributed by atoms with Crippen molar-refractivity contribution in [2.24, 2.45) is 0 Å². The van der Waals surface area contributed by atoms with Crippen molar-refractivity contribution in [1.82, 2.24) is 0 Å². The van der Waals surface area contributed by atoms with E-state index in [1.807, 2.05) is 36.4 Å². The smallest absolute Gasteiger partial charge is 0.261 e. The van der Waals surface area contributed by atoms with Crippen molar-refractivity contribution in [1.29, 1.82) is 0 Å². The van der Waals surface area contributed by atoms with Crippen LogP contribution in [0, 0.1) is 0 Å². The Bertz CT molecular complexity index is 1380. The minimum Gasteiger partial charge on any atom is -0.405 e. The van der Waals surface area contributed by atoms with Gasteiger partial charge in [-0.3, -0.25) is 0 Å². The van der Waals surface area contributed by atoms with Crippen molar-refractivity contribution >= 4 is 18.7 Å². The molecule has 0 spiro atoms. The first-order chi connectivity index (χ1) is 21.9. The van der Waals surface area contributed by atoms with Gasteiger partial charge < -0.3 is 28.1 Å². The average Bonchev–Trinajstić information content (AvgIpc) is 3.07. The van der Waals surface area contributed by atoms with Crippen LogP contribution in [-0.4, -0.2) is 59.8 Å². The Morgan fingerprint density at radius 1 is 0.578 bits per heavy atom. The highest BCUT2D eigenvalue weighted by Crippen LogP contribution is 2.38. The predicted octanol–water partition coefficient (Wildman–Crippen LogP) is 6.12. The van der Waals surface area contributed by atoms with E-state index in [1.165, 1.54) is 10.4 Å². The van der Waals surface area contributed by atoms with E-state index in [0.717, 1.165) is 11.1 Å². The largest absolute Gasteiger partial charge is 0.405 e. The van der Waals surface area contributed by atoms with Crippen LogP contribution >= 0.6 is 0 Å². The maximum absolute atomic E-state index is 7.34. The van der Waals surface area contributed by atoms with E-state index in [4.69, 9.17) is 28.1 Å². The fourth-order valence-corrected chi connectivity index (χ4v) is 10.9. The molecule has 1 heterocycles. The van der Waals surface area contributed by atoms with Crippen LogP contribution < -0.4 is 10.4 Å². The van der Waals surface area contributed by atoms with Crippen molar-refractivity contribution in [3.8, 4) is 0 Å². The van der Waals surface area contributed by atoms with Gasteiger partial charge in [0, 0.05) is 14.2 Å². The molecule has 1 fully saturated rings. The molecule has 4 aromatic carbocycles. The lowest BCUT2D eigenvalue weighted by Gasteiger charge is -2.48. The molecular weight excluding hydrogens is 580 g/mol. The first-order valence-corrected chi connectivity index (χ1v) is 17.6. The Labute approximate surface area is 269 Å². The molecule has 1 aliphatic heterocycles. The van der Waals surface area contributed by atoms with Gasteiger partial charge in [-0.2, -0.15) is 0 Å². The quantitative estimate of drug-likeness (QED) is 0.167. The number of benzene rings is 4. The molecule has 0 N–H and O–H groups in total. The van der Waals surface area contributed by atoms with Gasteiger partial charge in [0.15, 0.2) is 6.29 Å². The summed E-state index contributed by atoms with van der Waals surface area (Å²) >= 11 is 0. The van der Waals surface area contributed by atoms with E-state index >= 15 is 0 Å². The highest BCUT2D eigenvalue weighted by Gasteiger charge is 2.53. The third kappa shape index (κ3) is 7.64. The van der Waals surface area contributed by atoms with Crippen molar-refractivity contribution in [3.05, 3.63) is 132 Å². The molecule has 6 nitrogen and oxygen atoms in total. The monoisotopic (exact) mass is 626 g/mol. The molecule has 0 saturated carbocycles. The lowest BCUT2D eigenvalue weighted by molar-refractivity contribution is -0.315.